The first kappa shape index (κ1) is 16.6. The number of rotatable bonds is 3. The molecule has 0 saturated carbocycles. The van der Waals surface area contributed by atoms with Crippen LogP contribution < -0.4 is 0 Å². The summed E-state index contributed by atoms with van der Waals surface area (Å²) in [5.74, 6) is 1.30. The second kappa shape index (κ2) is 7.07. The van der Waals surface area contributed by atoms with Crippen LogP contribution in [0.15, 0.2) is 30.7 Å². The molecule has 3 heterocycles. The third-order valence-corrected chi connectivity index (χ3v) is 4.54. The summed E-state index contributed by atoms with van der Waals surface area (Å²) in [6.45, 7) is 7.43. The zero-order valence-corrected chi connectivity index (χ0v) is 14.6. The van der Waals surface area contributed by atoms with E-state index in [0.717, 1.165) is 48.6 Å². The maximum atomic E-state index is 12.4. The van der Waals surface area contributed by atoms with E-state index in [4.69, 9.17) is 4.98 Å². The number of hydrogen-bond donors (Lipinski definition) is 0. The van der Waals surface area contributed by atoms with E-state index in [1.54, 1.807) is 12.4 Å². The smallest absolute Gasteiger partial charge is 0.225 e. The first-order valence-corrected chi connectivity index (χ1v) is 8.59. The summed E-state index contributed by atoms with van der Waals surface area (Å²) < 4.78 is 0. The van der Waals surface area contributed by atoms with E-state index in [2.05, 4.69) is 9.97 Å². The Hall–Kier alpha value is -2.30. The zero-order chi connectivity index (χ0) is 17.1. The van der Waals surface area contributed by atoms with Crippen LogP contribution in [0.1, 0.15) is 44.1 Å². The van der Waals surface area contributed by atoms with Gasteiger partial charge in [-0.15, -0.1) is 0 Å². The van der Waals surface area contributed by atoms with Gasteiger partial charge in [-0.2, -0.15) is 0 Å². The average Bonchev–Trinajstić information content (AvgIpc) is 2.61. The minimum Gasteiger partial charge on any atom is -0.342 e. The molecule has 1 aliphatic rings. The quantitative estimate of drug-likeness (QED) is 0.870. The van der Waals surface area contributed by atoms with Crippen LogP contribution in [-0.4, -0.2) is 38.8 Å². The lowest BCUT2D eigenvalue weighted by atomic mass is 9.89. The molecule has 1 fully saturated rings. The molecule has 0 N–H and O–H groups in total. The van der Waals surface area contributed by atoms with Gasteiger partial charge < -0.3 is 4.90 Å². The number of nitrogens with zero attached hydrogens (tertiary/aromatic N) is 4. The van der Waals surface area contributed by atoms with Gasteiger partial charge in [0.25, 0.3) is 0 Å². The van der Waals surface area contributed by atoms with E-state index in [0.29, 0.717) is 0 Å². The fourth-order valence-corrected chi connectivity index (χ4v) is 3.32. The van der Waals surface area contributed by atoms with Crippen molar-refractivity contribution < 1.29 is 4.79 Å². The van der Waals surface area contributed by atoms with Crippen molar-refractivity contribution in [1.29, 1.82) is 0 Å². The van der Waals surface area contributed by atoms with Gasteiger partial charge in [0.05, 0.1) is 5.69 Å². The number of pyridine rings is 1. The number of likely N-dealkylation sites (tertiary alicyclic amines) is 1. The second-order valence-corrected chi connectivity index (χ2v) is 6.73. The van der Waals surface area contributed by atoms with Gasteiger partial charge in [0.2, 0.25) is 5.91 Å². The SMILES string of the molecule is Cc1ncc(-c2ccncc2)c(C2CCCN(C(=O)C(C)C)C2)n1. The molecule has 5 nitrogen and oxygen atoms in total. The Morgan fingerprint density at radius 2 is 2.04 bits per heavy atom. The molecule has 1 unspecified atom stereocenters. The van der Waals surface area contributed by atoms with E-state index in [9.17, 15) is 4.79 Å². The van der Waals surface area contributed by atoms with E-state index in [1.807, 2.05) is 44.0 Å². The summed E-state index contributed by atoms with van der Waals surface area (Å²) in [5.41, 5.74) is 3.18. The fraction of sp³-hybridized carbons (Fsp3) is 0.474. The van der Waals surface area contributed by atoms with E-state index < -0.39 is 0 Å². The van der Waals surface area contributed by atoms with Crippen LogP contribution in [0.25, 0.3) is 11.1 Å². The van der Waals surface area contributed by atoms with Crippen molar-refractivity contribution in [3.63, 3.8) is 0 Å². The highest BCUT2D eigenvalue weighted by Crippen LogP contribution is 2.33. The third kappa shape index (κ3) is 3.45. The van der Waals surface area contributed by atoms with Crippen LogP contribution in [0.3, 0.4) is 0 Å². The highest BCUT2D eigenvalue weighted by Gasteiger charge is 2.28. The van der Waals surface area contributed by atoms with E-state index in [-0.39, 0.29) is 17.7 Å². The molecule has 0 bridgehead atoms. The molecule has 24 heavy (non-hydrogen) atoms. The van der Waals surface area contributed by atoms with Gasteiger partial charge >= 0.3 is 0 Å². The average molecular weight is 324 g/mol. The molecular formula is C19H24N4O. The maximum absolute atomic E-state index is 12.4. The van der Waals surface area contributed by atoms with Crippen molar-refractivity contribution in [3.05, 3.63) is 42.2 Å². The van der Waals surface area contributed by atoms with Crippen LogP contribution in [0.2, 0.25) is 0 Å². The van der Waals surface area contributed by atoms with Crippen molar-refractivity contribution >= 4 is 5.91 Å². The second-order valence-electron chi connectivity index (χ2n) is 6.73. The summed E-state index contributed by atoms with van der Waals surface area (Å²) in [5, 5.41) is 0. The number of carbonyl (C=O) groups excluding carboxylic acids is 1. The molecule has 2 aromatic rings. The van der Waals surface area contributed by atoms with Gasteiger partial charge in [0.15, 0.2) is 0 Å². The topological polar surface area (TPSA) is 59.0 Å². The standard InChI is InChI=1S/C19H24N4O/c1-13(2)19(24)23-10-4-5-16(12-23)18-17(11-21-14(3)22-18)15-6-8-20-9-7-15/h6-9,11,13,16H,4-5,10,12H2,1-3H3. The van der Waals surface area contributed by atoms with Crippen molar-refractivity contribution in [1.82, 2.24) is 19.9 Å². The Labute approximate surface area is 143 Å². The van der Waals surface area contributed by atoms with E-state index in [1.165, 1.54) is 0 Å². The van der Waals surface area contributed by atoms with E-state index >= 15 is 0 Å². The minimum absolute atomic E-state index is 0.0375. The van der Waals surface area contributed by atoms with Gasteiger partial charge in [-0.1, -0.05) is 13.8 Å². The fourth-order valence-electron chi connectivity index (χ4n) is 3.32. The summed E-state index contributed by atoms with van der Waals surface area (Å²) in [6.07, 6.45) is 7.54. The number of hydrogen-bond acceptors (Lipinski definition) is 4. The Balaban J connectivity index is 1.94. The zero-order valence-electron chi connectivity index (χ0n) is 14.6. The first-order chi connectivity index (χ1) is 11.6. The van der Waals surface area contributed by atoms with Crippen LogP contribution in [0.5, 0.6) is 0 Å². The monoisotopic (exact) mass is 324 g/mol. The summed E-state index contributed by atoms with van der Waals surface area (Å²) >= 11 is 0. The molecule has 0 aliphatic carbocycles. The van der Waals surface area contributed by atoms with Crippen molar-refractivity contribution in [2.45, 2.75) is 39.5 Å². The number of piperidine rings is 1. The molecule has 0 radical (unpaired) electrons. The van der Waals surface area contributed by atoms with Gasteiger partial charge in [0, 0.05) is 49.1 Å². The van der Waals surface area contributed by atoms with Crippen molar-refractivity contribution in [2.24, 2.45) is 5.92 Å². The third-order valence-electron chi connectivity index (χ3n) is 4.54. The first-order valence-electron chi connectivity index (χ1n) is 8.59. The molecule has 1 saturated heterocycles. The number of aromatic nitrogens is 3. The largest absolute Gasteiger partial charge is 0.342 e. The Kier molecular flexibility index (Phi) is 4.88. The van der Waals surface area contributed by atoms with Gasteiger partial charge in [-0.3, -0.25) is 9.78 Å². The van der Waals surface area contributed by atoms with Crippen LogP contribution >= 0.6 is 0 Å². The minimum atomic E-state index is 0.0375. The molecule has 3 rings (SSSR count). The predicted molar refractivity (Wildman–Crippen MR) is 93.4 cm³/mol. The van der Waals surface area contributed by atoms with Gasteiger partial charge in [-0.05, 0) is 37.5 Å². The normalized spacial score (nSPS) is 18.0. The lowest BCUT2D eigenvalue weighted by molar-refractivity contribution is -0.135. The molecule has 126 valence electrons. The summed E-state index contributed by atoms with van der Waals surface area (Å²) in [4.78, 5) is 27.6. The maximum Gasteiger partial charge on any atom is 0.225 e. The lowest BCUT2D eigenvalue weighted by Crippen LogP contribution is -2.41. The Bertz CT molecular complexity index is 715. The molecular weight excluding hydrogens is 300 g/mol. The molecule has 5 heteroatoms. The molecule has 2 aromatic heterocycles. The van der Waals surface area contributed by atoms with Crippen LogP contribution in [0.4, 0.5) is 0 Å². The number of carbonyl (C=O) groups is 1. The molecule has 0 spiro atoms. The Morgan fingerprint density at radius 1 is 1.29 bits per heavy atom. The summed E-state index contributed by atoms with van der Waals surface area (Å²) in [7, 11) is 0. The Morgan fingerprint density at radius 3 is 2.75 bits per heavy atom. The highest BCUT2D eigenvalue weighted by atomic mass is 16.2. The highest BCUT2D eigenvalue weighted by molar-refractivity contribution is 5.78. The predicted octanol–water partition coefficient (Wildman–Crippen LogP) is 3.21. The van der Waals surface area contributed by atoms with Crippen molar-refractivity contribution in [2.75, 3.05) is 13.1 Å². The molecule has 1 atom stereocenters. The molecule has 0 aromatic carbocycles. The van der Waals surface area contributed by atoms with Gasteiger partial charge in [-0.25, -0.2) is 9.97 Å². The molecule has 1 aliphatic heterocycles. The molecule has 1 amide bonds. The lowest BCUT2D eigenvalue weighted by Gasteiger charge is -2.34. The number of amides is 1. The van der Waals surface area contributed by atoms with Gasteiger partial charge in [0.1, 0.15) is 5.82 Å². The number of aryl methyl sites for hydroxylation is 1. The van der Waals surface area contributed by atoms with Crippen LogP contribution in [-0.2, 0) is 4.79 Å². The van der Waals surface area contributed by atoms with Crippen molar-refractivity contribution in [3.8, 4) is 11.1 Å². The van der Waals surface area contributed by atoms with Crippen LogP contribution in [0, 0.1) is 12.8 Å². The summed E-state index contributed by atoms with van der Waals surface area (Å²) in [6, 6.07) is 3.97.